The van der Waals surface area contributed by atoms with Crippen molar-refractivity contribution in [2.75, 3.05) is 0 Å². The molecule has 0 bridgehead atoms. The van der Waals surface area contributed by atoms with Gasteiger partial charge in [0.05, 0.1) is 5.56 Å². The first-order chi connectivity index (χ1) is 15.4. The van der Waals surface area contributed by atoms with Gasteiger partial charge in [-0.15, -0.1) is 0 Å². The molecule has 0 unspecified atom stereocenters. The van der Waals surface area contributed by atoms with Crippen LogP contribution < -0.4 is 4.57 Å². The second-order valence-electron chi connectivity index (χ2n) is 9.25. The van der Waals surface area contributed by atoms with E-state index in [0.29, 0.717) is 11.6 Å². The van der Waals surface area contributed by atoms with E-state index >= 15 is 0 Å². The van der Waals surface area contributed by atoms with Gasteiger partial charge in [0.2, 0.25) is 11.4 Å². The van der Waals surface area contributed by atoms with Gasteiger partial charge >= 0.3 is 0 Å². The lowest BCUT2D eigenvalue weighted by molar-refractivity contribution is -0.659. The quantitative estimate of drug-likeness (QED) is 0.294. The predicted octanol–water partition coefficient (Wildman–Crippen LogP) is 6.95. The molecule has 0 saturated carbocycles. The number of furan rings is 1. The molecule has 3 aromatic heterocycles. The van der Waals surface area contributed by atoms with Crippen molar-refractivity contribution in [3.8, 4) is 22.4 Å². The van der Waals surface area contributed by atoms with E-state index in [1.165, 1.54) is 22.3 Å². The highest BCUT2D eigenvalue weighted by Gasteiger charge is 2.21. The lowest BCUT2D eigenvalue weighted by Gasteiger charge is -2.08. The summed E-state index contributed by atoms with van der Waals surface area (Å²) in [5.41, 5.74) is 9.84. The Morgan fingerprint density at radius 2 is 1.56 bits per heavy atom. The van der Waals surface area contributed by atoms with Crippen LogP contribution in [-0.2, 0) is 13.5 Å². The topological polar surface area (TPSA) is 29.9 Å². The van der Waals surface area contributed by atoms with Crippen LogP contribution in [0.1, 0.15) is 30.7 Å². The van der Waals surface area contributed by atoms with Crippen LogP contribution in [0.25, 0.3) is 44.5 Å². The molecule has 0 radical (unpaired) electrons. The maximum Gasteiger partial charge on any atom is 0.227 e. The molecule has 0 aliphatic carbocycles. The molecule has 0 saturated heterocycles. The van der Waals surface area contributed by atoms with E-state index in [1.807, 2.05) is 13.0 Å². The van der Waals surface area contributed by atoms with Crippen molar-refractivity contribution >= 4 is 22.1 Å². The molecule has 0 aliphatic heterocycles. The molecule has 0 N–H and O–H groups in total. The molecule has 0 aliphatic rings. The molecular formula is C29H29N2O+. The van der Waals surface area contributed by atoms with E-state index in [4.69, 9.17) is 4.42 Å². The van der Waals surface area contributed by atoms with Crippen molar-refractivity contribution in [3.63, 3.8) is 0 Å². The van der Waals surface area contributed by atoms with Gasteiger partial charge in [-0.2, -0.15) is 0 Å². The van der Waals surface area contributed by atoms with Crippen molar-refractivity contribution in [1.29, 1.82) is 0 Å². The summed E-state index contributed by atoms with van der Waals surface area (Å²) in [5, 5.41) is 2.17. The first kappa shape index (κ1) is 20.4. The molecule has 3 nitrogen and oxygen atoms in total. The Hall–Kier alpha value is -3.46. The van der Waals surface area contributed by atoms with Crippen molar-refractivity contribution in [2.45, 2.75) is 34.1 Å². The fourth-order valence-corrected chi connectivity index (χ4v) is 4.57. The van der Waals surface area contributed by atoms with Crippen molar-refractivity contribution in [1.82, 2.24) is 4.98 Å². The molecule has 3 heteroatoms. The van der Waals surface area contributed by atoms with Crippen LogP contribution in [-0.4, -0.2) is 4.98 Å². The van der Waals surface area contributed by atoms with Gasteiger partial charge in [-0.1, -0.05) is 50.2 Å². The molecule has 0 fully saturated rings. The smallest absolute Gasteiger partial charge is 0.227 e. The molecule has 3 heterocycles. The third kappa shape index (κ3) is 3.58. The van der Waals surface area contributed by atoms with E-state index < -0.39 is 0 Å². The van der Waals surface area contributed by atoms with Gasteiger partial charge in [-0.25, -0.2) is 9.55 Å². The largest absolute Gasteiger partial charge is 0.437 e. The SMILES string of the molecule is Cc1ccc2c(n1)oc1c(-c3ccc(-c4ccc(CC(C)C)cc4)c[n+]3C)c(C)ccc12. The summed E-state index contributed by atoms with van der Waals surface area (Å²) >= 11 is 0. The number of aryl methyl sites for hydroxylation is 3. The van der Waals surface area contributed by atoms with Crippen LogP contribution in [0.3, 0.4) is 0 Å². The van der Waals surface area contributed by atoms with E-state index in [2.05, 4.69) is 98.2 Å². The summed E-state index contributed by atoms with van der Waals surface area (Å²) < 4.78 is 8.49. The maximum atomic E-state index is 6.29. The average Bonchev–Trinajstić information content (AvgIpc) is 3.11. The lowest BCUT2D eigenvalue weighted by Crippen LogP contribution is -2.31. The second-order valence-corrected chi connectivity index (χ2v) is 9.25. The van der Waals surface area contributed by atoms with Gasteiger partial charge in [0.25, 0.3) is 0 Å². The average molecular weight is 422 g/mol. The minimum atomic E-state index is 0.668. The summed E-state index contributed by atoms with van der Waals surface area (Å²) in [6.45, 7) is 8.65. The Balaban J connectivity index is 1.60. The molecule has 5 aromatic rings. The standard InChI is InChI=1S/C29H29N2O/c1-18(2)16-21-8-10-22(11-9-21)23-12-15-26(31(5)17-23)27-19(3)6-13-24-25-14-7-20(4)30-29(25)32-28(24)27/h6-15,17-18H,16H2,1-5H3/q+1. The third-order valence-corrected chi connectivity index (χ3v) is 6.18. The summed E-state index contributed by atoms with van der Waals surface area (Å²) in [7, 11) is 2.11. The normalized spacial score (nSPS) is 11.7. The Morgan fingerprint density at radius 1 is 0.844 bits per heavy atom. The van der Waals surface area contributed by atoms with Gasteiger partial charge < -0.3 is 4.42 Å². The monoisotopic (exact) mass is 421 g/mol. The number of rotatable bonds is 4. The number of pyridine rings is 2. The van der Waals surface area contributed by atoms with Crippen LogP contribution in [0.5, 0.6) is 0 Å². The van der Waals surface area contributed by atoms with Gasteiger partial charge in [0.1, 0.15) is 7.05 Å². The molecule has 160 valence electrons. The molecular weight excluding hydrogens is 392 g/mol. The van der Waals surface area contributed by atoms with E-state index in [-0.39, 0.29) is 0 Å². The van der Waals surface area contributed by atoms with Crippen LogP contribution in [0, 0.1) is 19.8 Å². The molecule has 0 spiro atoms. The predicted molar refractivity (Wildman–Crippen MR) is 132 cm³/mol. The number of fused-ring (bicyclic) bond motifs is 3. The number of hydrogen-bond acceptors (Lipinski definition) is 2. The lowest BCUT2D eigenvalue weighted by atomic mass is 9.98. The van der Waals surface area contributed by atoms with Crippen LogP contribution in [0.2, 0.25) is 0 Å². The highest BCUT2D eigenvalue weighted by molar-refractivity contribution is 6.08. The van der Waals surface area contributed by atoms with Gasteiger partial charge in [0, 0.05) is 28.1 Å². The third-order valence-electron chi connectivity index (χ3n) is 6.18. The van der Waals surface area contributed by atoms with Crippen molar-refractivity contribution in [3.05, 3.63) is 83.7 Å². The summed E-state index contributed by atoms with van der Waals surface area (Å²) in [6.07, 6.45) is 3.32. The summed E-state index contributed by atoms with van der Waals surface area (Å²) in [4.78, 5) is 4.60. The first-order valence-corrected chi connectivity index (χ1v) is 11.3. The zero-order valence-corrected chi connectivity index (χ0v) is 19.4. The summed E-state index contributed by atoms with van der Waals surface area (Å²) in [5.74, 6) is 0.668. The number of hydrogen-bond donors (Lipinski definition) is 0. The van der Waals surface area contributed by atoms with Gasteiger partial charge in [-0.05, 0) is 61.1 Å². The van der Waals surface area contributed by atoms with Crippen molar-refractivity contribution in [2.24, 2.45) is 13.0 Å². The number of aromatic nitrogens is 2. The summed E-state index contributed by atoms with van der Waals surface area (Å²) in [6, 6.07) is 21.8. The maximum absolute atomic E-state index is 6.29. The zero-order chi connectivity index (χ0) is 22.4. The minimum absolute atomic E-state index is 0.668. The Morgan fingerprint density at radius 3 is 2.28 bits per heavy atom. The molecule has 5 rings (SSSR count). The highest BCUT2D eigenvalue weighted by atomic mass is 16.3. The van der Waals surface area contributed by atoms with Gasteiger partial charge in [0.15, 0.2) is 11.8 Å². The Kier molecular flexibility index (Phi) is 5.05. The fraction of sp³-hybridized carbons (Fsp3) is 0.241. The van der Waals surface area contributed by atoms with Crippen molar-refractivity contribution < 1.29 is 8.98 Å². The molecule has 0 amide bonds. The van der Waals surface area contributed by atoms with E-state index in [0.717, 1.165) is 39.7 Å². The fourth-order valence-electron chi connectivity index (χ4n) is 4.57. The molecule has 32 heavy (non-hydrogen) atoms. The highest BCUT2D eigenvalue weighted by Crippen LogP contribution is 2.36. The van der Waals surface area contributed by atoms with E-state index in [9.17, 15) is 0 Å². The minimum Gasteiger partial charge on any atom is -0.437 e. The Bertz CT molecular complexity index is 1440. The number of nitrogens with zero attached hydrogens (tertiary/aromatic N) is 2. The molecule has 0 atom stereocenters. The molecule has 2 aromatic carbocycles. The first-order valence-electron chi connectivity index (χ1n) is 11.3. The van der Waals surface area contributed by atoms with Crippen LogP contribution >= 0.6 is 0 Å². The van der Waals surface area contributed by atoms with Gasteiger partial charge in [-0.3, -0.25) is 0 Å². The van der Waals surface area contributed by atoms with Crippen LogP contribution in [0.4, 0.5) is 0 Å². The second kappa shape index (κ2) is 7.90. The van der Waals surface area contributed by atoms with Crippen LogP contribution in [0.15, 0.2) is 71.3 Å². The van der Waals surface area contributed by atoms with E-state index in [1.54, 1.807) is 0 Å². The zero-order valence-electron chi connectivity index (χ0n) is 19.4. The Labute approximate surface area is 189 Å². The number of benzene rings is 2.